The number of hydrogen-bond acceptors (Lipinski definition) is 3. The van der Waals surface area contributed by atoms with Crippen LogP contribution in [0.4, 0.5) is 0 Å². The summed E-state index contributed by atoms with van der Waals surface area (Å²) in [5, 5.41) is 0. The first kappa shape index (κ1) is 8.65. The molecule has 2 rings (SSSR count). The van der Waals surface area contributed by atoms with Crippen molar-refractivity contribution < 1.29 is 0 Å². The Labute approximate surface area is 86.6 Å². The van der Waals surface area contributed by atoms with E-state index in [2.05, 4.69) is 25.9 Å². The van der Waals surface area contributed by atoms with Gasteiger partial charge in [0.1, 0.15) is 5.82 Å². The van der Waals surface area contributed by atoms with Gasteiger partial charge >= 0.3 is 0 Å². The smallest absolute Gasteiger partial charge is 0.251 e. The number of H-pyrrole nitrogens is 1. The van der Waals surface area contributed by atoms with Gasteiger partial charge in [-0.1, -0.05) is 0 Å². The molecule has 2 aromatic rings. The summed E-state index contributed by atoms with van der Waals surface area (Å²) in [6.07, 6.45) is 1.50. The summed E-state index contributed by atoms with van der Waals surface area (Å²) in [6, 6.07) is 5.23. The van der Waals surface area contributed by atoms with E-state index in [0.717, 1.165) is 8.66 Å². The minimum absolute atomic E-state index is 0.130. The van der Waals surface area contributed by atoms with Crippen LogP contribution in [0.3, 0.4) is 0 Å². The lowest BCUT2D eigenvalue weighted by Crippen LogP contribution is -2.04. The van der Waals surface area contributed by atoms with Gasteiger partial charge in [-0.3, -0.25) is 4.79 Å². The molecule has 13 heavy (non-hydrogen) atoms. The van der Waals surface area contributed by atoms with Gasteiger partial charge in [0.05, 0.1) is 8.66 Å². The van der Waals surface area contributed by atoms with Gasteiger partial charge in [0.25, 0.3) is 5.56 Å². The highest BCUT2D eigenvalue weighted by molar-refractivity contribution is 9.11. The predicted molar refractivity (Wildman–Crippen MR) is 55.9 cm³/mol. The molecule has 0 saturated carbocycles. The topological polar surface area (TPSA) is 45.8 Å². The van der Waals surface area contributed by atoms with Crippen LogP contribution in [-0.4, -0.2) is 9.97 Å². The van der Waals surface area contributed by atoms with Crippen LogP contribution < -0.4 is 5.56 Å². The van der Waals surface area contributed by atoms with Crippen LogP contribution in [0.2, 0.25) is 0 Å². The molecular formula is C8H5BrN2OS. The van der Waals surface area contributed by atoms with Crippen LogP contribution in [0, 0.1) is 0 Å². The molecule has 0 bridgehead atoms. The van der Waals surface area contributed by atoms with Crippen LogP contribution in [0.1, 0.15) is 0 Å². The molecule has 0 radical (unpaired) electrons. The maximum Gasteiger partial charge on any atom is 0.251 e. The molecule has 0 saturated heterocycles. The highest BCUT2D eigenvalue weighted by atomic mass is 79.9. The van der Waals surface area contributed by atoms with E-state index in [1.165, 1.54) is 23.6 Å². The predicted octanol–water partition coefficient (Wildman–Crippen LogP) is 2.26. The molecule has 66 valence electrons. The van der Waals surface area contributed by atoms with Crippen LogP contribution in [0.5, 0.6) is 0 Å². The Bertz CT molecular complexity index is 477. The van der Waals surface area contributed by atoms with E-state index in [0.29, 0.717) is 5.82 Å². The SMILES string of the molecule is O=c1ccnc(-c2ccc(Br)s2)[nH]1. The maximum absolute atomic E-state index is 11.0. The number of nitrogens with one attached hydrogen (secondary N) is 1. The van der Waals surface area contributed by atoms with E-state index >= 15 is 0 Å². The van der Waals surface area contributed by atoms with Gasteiger partial charge in [-0.05, 0) is 28.1 Å². The van der Waals surface area contributed by atoms with Gasteiger partial charge in [-0.15, -0.1) is 11.3 Å². The third kappa shape index (κ3) is 1.87. The summed E-state index contributed by atoms with van der Waals surface area (Å²) in [7, 11) is 0. The first-order chi connectivity index (χ1) is 6.25. The monoisotopic (exact) mass is 256 g/mol. The van der Waals surface area contributed by atoms with Crippen molar-refractivity contribution in [1.82, 2.24) is 9.97 Å². The quantitative estimate of drug-likeness (QED) is 0.851. The normalized spacial score (nSPS) is 10.2. The molecule has 1 N–H and O–H groups in total. The molecule has 2 aromatic heterocycles. The van der Waals surface area contributed by atoms with Gasteiger partial charge in [-0.2, -0.15) is 0 Å². The fourth-order valence-electron chi connectivity index (χ4n) is 0.937. The molecule has 0 atom stereocenters. The van der Waals surface area contributed by atoms with Crippen molar-refractivity contribution in [2.45, 2.75) is 0 Å². The fraction of sp³-hybridized carbons (Fsp3) is 0. The average molecular weight is 257 g/mol. The Balaban J connectivity index is 2.52. The Morgan fingerprint density at radius 1 is 1.38 bits per heavy atom. The Hall–Kier alpha value is -0.940. The number of rotatable bonds is 1. The van der Waals surface area contributed by atoms with Crippen molar-refractivity contribution in [2.75, 3.05) is 0 Å². The van der Waals surface area contributed by atoms with Crippen molar-refractivity contribution in [2.24, 2.45) is 0 Å². The zero-order chi connectivity index (χ0) is 9.26. The summed E-state index contributed by atoms with van der Waals surface area (Å²) in [5.41, 5.74) is -0.130. The van der Waals surface area contributed by atoms with Crippen molar-refractivity contribution in [3.05, 3.63) is 38.5 Å². The molecule has 0 aliphatic carbocycles. The molecule has 0 unspecified atom stereocenters. The summed E-state index contributed by atoms with van der Waals surface area (Å²) in [6.45, 7) is 0. The summed E-state index contributed by atoms with van der Waals surface area (Å²) < 4.78 is 1.02. The van der Waals surface area contributed by atoms with Crippen LogP contribution in [0.15, 0.2) is 33.0 Å². The number of hydrogen-bond donors (Lipinski definition) is 1. The van der Waals surface area contributed by atoms with Crippen molar-refractivity contribution in [3.63, 3.8) is 0 Å². The largest absolute Gasteiger partial charge is 0.306 e. The number of thiophene rings is 1. The van der Waals surface area contributed by atoms with Crippen LogP contribution >= 0.6 is 27.3 Å². The molecule has 0 aliphatic heterocycles. The minimum atomic E-state index is -0.130. The summed E-state index contributed by atoms with van der Waals surface area (Å²) in [5.74, 6) is 0.614. The lowest BCUT2D eigenvalue weighted by Gasteiger charge is -1.92. The highest BCUT2D eigenvalue weighted by Gasteiger charge is 2.02. The Kier molecular flexibility index (Phi) is 2.28. The molecule has 0 aliphatic rings. The zero-order valence-electron chi connectivity index (χ0n) is 6.45. The lowest BCUT2D eigenvalue weighted by molar-refractivity contribution is 1.14. The van der Waals surface area contributed by atoms with Crippen LogP contribution in [0.25, 0.3) is 10.7 Å². The van der Waals surface area contributed by atoms with Crippen molar-refractivity contribution in [3.8, 4) is 10.7 Å². The van der Waals surface area contributed by atoms with E-state index in [4.69, 9.17) is 0 Å². The molecule has 0 spiro atoms. The third-order valence-electron chi connectivity index (χ3n) is 1.48. The number of aromatic amines is 1. The highest BCUT2D eigenvalue weighted by Crippen LogP contribution is 2.28. The molecule has 0 fully saturated rings. The molecule has 3 nitrogen and oxygen atoms in total. The lowest BCUT2D eigenvalue weighted by atomic mass is 10.4. The molecule has 0 aromatic carbocycles. The first-order valence-electron chi connectivity index (χ1n) is 3.57. The van der Waals surface area contributed by atoms with E-state index in [1.807, 2.05) is 12.1 Å². The molecule has 2 heterocycles. The van der Waals surface area contributed by atoms with E-state index in [9.17, 15) is 4.79 Å². The second-order valence-corrected chi connectivity index (χ2v) is 4.85. The molecule has 0 amide bonds. The standard InChI is InChI=1S/C8H5BrN2OS/c9-6-2-1-5(13-6)8-10-4-3-7(12)11-8/h1-4H,(H,10,11,12). The minimum Gasteiger partial charge on any atom is -0.306 e. The number of nitrogens with zero attached hydrogens (tertiary/aromatic N) is 1. The fourth-order valence-corrected chi connectivity index (χ4v) is 2.27. The maximum atomic E-state index is 11.0. The second kappa shape index (κ2) is 3.43. The summed E-state index contributed by atoms with van der Waals surface area (Å²) >= 11 is 4.88. The van der Waals surface area contributed by atoms with Crippen molar-refractivity contribution >= 4 is 27.3 Å². The van der Waals surface area contributed by atoms with Gasteiger partial charge in [0.2, 0.25) is 0 Å². The van der Waals surface area contributed by atoms with Gasteiger partial charge < -0.3 is 4.98 Å². The Morgan fingerprint density at radius 2 is 2.23 bits per heavy atom. The van der Waals surface area contributed by atoms with Crippen LogP contribution in [-0.2, 0) is 0 Å². The third-order valence-corrected chi connectivity index (χ3v) is 3.11. The van der Waals surface area contributed by atoms with Gasteiger partial charge in [0.15, 0.2) is 0 Å². The van der Waals surface area contributed by atoms with E-state index < -0.39 is 0 Å². The zero-order valence-corrected chi connectivity index (χ0v) is 8.85. The van der Waals surface area contributed by atoms with E-state index in [1.54, 1.807) is 0 Å². The first-order valence-corrected chi connectivity index (χ1v) is 5.18. The van der Waals surface area contributed by atoms with Gasteiger partial charge in [-0.25, -0.2) is 4.98 Å². The average Bonchev–Trinajstić information content (AvgIpc) is 2.52. The number of halogens is 1. The molecule has 5 heteroatoms. The van der Waals surface area contributed by atoms with Gasteiger partial charge in [0, 0.05) is 12.3 Å². The number of aromatic nitrogens is 2. The Morgan fingerprint density at radius 3 is 2.85 bits per heavy atom. The molecular weight excluding hydrogens is 252 g/mol. The van der Waals surface area contributed by atoms with E-state index in [-0.39, 0.29) is 5.56 Å². The van der Waals surface area contributed by atoms with Crippen molar-refractivity contribution in [1.29, 1.82) is 0 Å². The second-order valence-electron chi connectivity index (χ2n) is 2.39. The summed E-state index contributed by atoms with van der Waals surface area (Å²) in [4.78, 5) is 18.6.